The molecule has 4 rings (SSSR count). The van der Waals surface area contributed by atoms with Gasteiger partial charge in [0.2, 0.25) is 0 Å². The van der Waals surface area contributed by atoms with Crippen molar-refractivity contribution in [2.45, 2.75) is 26.9 Å². The first-order valence-corrected chi connectivity index (χ1v) is 11.8. The molecule has 0 saturated carbocycles. The van der Waals surface area contributed by atoms with Gasteiger partial charge in [0.15, 0.2) is 0 Å². The fraction of sp³-hybridized carbons (Fsp3) is 0.160. The highest BCUT2D eigenvalue weighted by Gasteiger charge is 2.10. The van der Waals surface area contributed by atoms with Crippen LogP contribution in [0.2, 0.25) is 0 Å². The van der Waals surface area contributed by atoms with Gasteiger partial charge in [0.1, 0.15) is 18.2 Å². The molecule has 0 bridgehead atoms. The number of benzene rings is 3. The van der Waals surface area contributed by atoms with Gasteiger partial charge in [-0.3, -0.25) is 4.79 Å². The van der Waals surface area contributed by atoms with E-state index in [4.69, 9.17) is 4.74 Å². The maximum Gasteiger partial charge on any atom is 0.282 e. The van der Waals surface area contributed by atoms with Crippen LogP contribution in [0.3, 0.4) is 0 Å². The summed E-state index contributed by atoms with van der Waals surface area (Å²) in [5.74, 6) is 1.28. The normalized spacial score (nSPS) is 11.4. The highest BCUT2D eigenvalue weighted by molar-refractivity contribution is 9.10. The van der Waals surface area contributed by atoms with Crippen LogP contribution in [-0.2, 0) is 13.0 Å². The predicted molar refractivity (Wildman–Crippen MR) is 136 cm³/mol. The van der Waals surface area contributed by atoms with Crippen LogP contribution in [0.1, 0.15) is 29.4 Å². The molecule has 0 fully saturated rings. The number of aryl methyl sites for hydroxylation is 2. The molecule has 7 heteroatoms. The van der Waals surface area contributed by atoms with Crippen LogP contribution < -0.4 is 10.3 Å². The second-order valence-electron chi connectivity index (χ2n) is 7.36. The summed E-state index contributed by atoms with van der Waals surface area (Å²) < 4.78 is 9.15. The highest BCUT2D eigenvalue weighted by atomic mass is 79.9. The van der Waals surface area contributed by atoms with E-state index in [1.807, 2.05) is 49.4 Å². The van der Waals surface area contributed by atoms with Gasteiger partial charge in [-0.15, -0.1) is 0 Å². The van der Waals surface area contributed by atoms with Gasteiger partial charge in [-0.1, -0.05) is 68.6 Å². The Hall–Kier alpha value is -2.77. The molecule has 0 spiro atoms. The van der Waals surface area contributed by atoms with Gasteiger partial charge < -0.3 is 4.74 Å². The number of aromatic nitrogens is 2. The van der Waals surface area contributed by atoms with E-state index < -0.39 is 0 Å². The largest absolute Gasteiger partial charge is 0.488 e. The van der Waals surface area contributed by atoms with Crippen molar-refractivity contribution in [2.24, 2.45) is 5.10 Å². The zero-order chi connectivity index (χ0) is 22.7. The van der Waals surface area contributed by atoms with Gasteiger partial charge >= 0.3 is 0 Å². The fourth-order valence-electron chi connectivity index (χ4n) is 3.38. The van der Waals surface area contributed by atoms with Gasteiger partial charge in [-0.2, -0.15) is 9.78 Å². The van der Waals surface area contributed by atoms with E-state index in [9.17, 15) is 4.79 Å². The van der Waals surface area contributed by atoms with E-state index in [1.54, 1.807) is 12.3 Å². The molecule has 0 N–H and O–H groups in total. The first kappa shape index (κ1) is 22.4. The highest BCUT2D eigenvalue weighted by Crippen LogP contribution is 2.23. The first-order valence-electron chi connectivity index (χ1n) is 10.2. The van der Waals surface area contributed by atoms with Gasteiger partial charge in [-0.25, -0.2) is 4.98 Å². The summed E-state index contributed by atoms with van der Waals surface area (Å²) in [6.07, 6.45) is 2.22. The molecule has 0 aliphatic carbocycles. The van der Waals surface area contributed by atoms with Crippen molar-refractivity contribution in [3.05, 3.63) is 102 Å². The molecule has 3 aromatic carbocycles. The Morgan fingerprint density at radius 1 is 1.06 bits per heavy atom. The van der Waals surface area contributed by atoms with E-state index in [-0.39, 0.29) is 5.56 Å². The summed E-state index contributed by atoms with van der Waals surface area (Å²) in [6, 6.07) is 19.4. The minimum Gasteiger partial charge on any atom is -0.488 e. The molecule has 1 heterocycles. The molecule has 0 atom stereocenters. The number of ether oxygens (including phenoxy) is 1. The minimum atomic E-state index is -0.207. The SMILES string of the molecule is CCc1nc2ccc(Br)cc2c(=O)n1N=Cc1cc(Br)ccc1OCc1cccc(C)c1. The summed E-state index contributed by atoms with van der Waals surface area (Å²) >= 11 is 6.93. The molecule has 4 aromatic rings. The van der Waals surface area contributed by atoms with Gasteiger partial charge in [0.05, 0.1) is 17.1 Å². The van der Waals surface area contributed by atoms with Crippen LogP contribution in [0.5, 0.6) is 5.75 Å². The summed E-state index contributed by atoms with van der Waals surface area (Å²) in [7, 11) is 0. The molecule has 5 nitrogen and oxygen atoms in total. The number of fused-ring (bicyclic) bond motifs is 1. The van der Waals surface area contributed by atoms with Crippen LogP contribution in [0.4, 0.5) is 0 Å². The lowest BCUT2D eigenvalue weighted by Gasteiger charge is -2.11. The number of hydrogen-bond donors (Lipinski definition) is 0. The molecule has 162 valence electrons. The molecular formula is C25H21Br2N3O2. The Bertz CT molecular complexity index is 1380. The molecule has 1 aromatic heterocycles. The third kappa shape index (κ3) is 5.00. The lowest BCUT2D eigenvalue weighted by Crippen LogP contribution is -2.22. The molecule has 0 aliphatic heterocycles. The Morgan fingerprint density at radius 3 is 2.62 bits per heavy atom. The molecule has 32 heavy (non-hydrogen) atoms. The smallest absolute Gasteiger partial charge is 0.282 e. The van der Waals surface area contributed by atoms with E-state index in [0.29, 0.717) is 35.5 Å². The van der Waals surface area contributed by atoms with Crippen molar-refractivity contribution < 1.29 is 4.74 Å². The summed E-state index contributed by atoms with van der Waals surface area (Å²) in [6.45, 7) is 4.45. The second kappa shape index (κ2) is 9.79. The lowest BCUT2D eigenvalue weighted by molar-refractivity contribution is 0.305. The van der Waals surface area contributed by atoms with E-state index >= 15 is 0 Å². The predicted octanol–water partition coefficient (Wildman–Crippen LogP) is 6.25. The van der Waals surface area contributed by atoms with Crippen molar-refractivity contribution in [1.29, 1.82) is 0 Å². The number of halogens is 2. The minimum absolute atomic E-state index is 0.207. The lowest BCUT2D eigenvalue weighted by atomic mass is 10.1. The van der Waals surface area contributed by atoms with E-state index in [0.717, 1.165) is 20.1 Å². The number of hydrogen-bond acceptors (Lipinski definition) is 4. The maximum absolute atomic E-state index is 13.1. The first-order chi connectivity index (χ1) is 15.4. The molecule has 0 saturated heterocycles. The van der Waals surface area contributed by atoms with Crippen LogP contribution in [0, 0.1) is 6.92 Å². The summed E-state index contributed by atoms with van der Waals surface area (Å²) in [5, 5.41) is 5.01. The van der Waals surface area contributed by atoms with Gasteiger partial charge in [0.25, 0.3) is 5.56 Å². The Kier molecular flexibility index (Phi) is 6.86. The Balaban J connectivity index is 1.70. The second-order valence-corrected chi connectivity index (χ2v) is 9.20. The van der Waals surface area contributed by atoms with Crippen LogP contribution >= 0.6 is 31.9 Å². The Labute approximate surface area is 203 Å². The third-order valence-electron chi connectivity index (χ3n) is 4.95. The molecule has 0 amide bonds. The Morgan fingerprint density at radius 2 is 1.84 bits per heavy atom. The maximum atomic E-state index is 13.1. The standard InChI is InChI=1S/C25H21Br2N3O2/c1-3-24-29-22-9-7-20(27)13-21(22)25(31)30(24)28-14-18-12-19(26)8-10-23(18)32-15-17-6-4-5-16(2)11-17/h4-14H,3,15H2,1-2H3. The van der Waals surface area contributed by atoms with E-state index in [2.05, 4.69) is 61.0 Å². The summed E-state index contributed by atoms with van der Waals surface area (Å²) in [4.78, 5) is 17.7. The van der Waals surface area contributed by atoms with Crippen LogP contribution in [-0.4, -0.2) is 15.9 Å². The zero-order valence-electron chi connectivity index (χ0n) is 17.7. The average molecular weight is 555 g/mol. The van der Waals surface area contributed by atoms with Gasteiger partial charge in [0, 0.05) is 20.9 Å². The molecular weight excluding hydrogens is 534 g/mol. The van der Waals surface area contributed by atoms with Crippen molar-refractivity contribution in [3.63, 3.8) is 0 Å². The molecule has 0 unspecified atom stereocenters. The average Bonchev–Trinajstić information content (AvgIpc) is 2.78. The van der Waals surface area contributed by atoms with Crippen molar-refractivity contribution in [2.75, 3.05) is 0 Å². The zero-order valence-corrected chi connectivity index (χ0v) is 20.9. The molecule has 0 aliphatic rings. The van der Waals surface area contributed by atoms with Crippen molar-refractivity contribution in [3.8, 4) is 5.75 Å². The van der Waals surface area contributed by atoms with Crippen molar-refractivity contribution in [1.82, 2.24) is 9.66 Å². The number of rotatable bonds is 6. The monoisotopic (exact) mass is 553 g/mol. The quantitative estimate of drug-likeness (QED) is 0.264. The fourth-order valence-corrected chi connectivity index (χ4v) is 4.12. The third-order valence-corrected chi connectivity index (χ3v) is 5.94. The summed E-state index contributed by atoms with van der Waals surface area (Å²) in [5.41, 5.74) is 3.48. The van der Waals surface area contributed by atoms with Gasteiger partial charge in [-0.05, 0) is 48.9 Å². The molecule has 0 radical (unpaired) electrons. The van der Waals surface area contributed by atoms with Crippen molar-refractivity contribution >= 4 is 49.0 Å². The topological polar surface area (TPSA) is 56.5 Å². The van der Waals surface area contributed by atoms with E-state index in [1.165, 1.54) is 10.2 Å². The van der Waals surface area contributed by atoms with Crippen LogP contribution in [0.15, 0.2) is 79.5 Å². The van der Waals surface area contributed by atoms with Crippen LogP contribution in [0.25, 0.3) is 10.9 Å². The number of nitrogens with zero attached hydrogens (tertiary/aromatic N) is 3.